The Labute approximate surface area is 179 Å². The minimum absolute atomic E-state index is 0.0170. The maximum absolute atomic E-state index is 13.5. The van der Waals surface area contributed by atoms with Gasteiger partial charge in [-0.25, -0.2) is 9.97 Å². The van der Waals surface area contributed by atoms with Crippen LogP contribution in [0.25, 0.3) is 10.8 Å². The monoisotopic (exact) mass is 417 g/mol. The number of aromatic nitrogens is 4. The average Bonchev–Trinajstić information content (AvgIpc) is 3.41. The summed E-state index contributed by atoms with van der Waals surface area (Å²) in [6.45, 7) is 6.94. The van der Waals surface area contributed by atoms with Crippen molar-refractivity contribution in [3.63, 3.8) is 0 Å². The highest BCUT2D eigenvalue weighted by molar-refractivity contribution is 7.13. The highest BCUT2D eigenvalue weighted by Crippen LogP contribution is 2.36. The normalized spacial score (nSPS) is 16.6. The second-order valence-electron chi connectivity index (χ2n) is 8.65. The van der Waals surface area contributed by atoms with E-state index in [4.69, 9.17) is 4.98 Å². The molecular formula is C23H23N5OS. The summed E-state index contributed by atoms with van der Waals surface area (Å²) in [5, 5.41) is 3.14. The van der Waals surface area contributed by atoms with Crippen molar-refractivity contribution in [1.82, 2.24) is 24.8 Å². The second-order valence-corrected chi connectivity index (χ2v) is 9.68. The van der Waals surface area contributed by atoms with Crippen LogP contribution >= 0.6 is 11.3 Å². The number of hydrogen-bond donors (Lipinski definition) is 1. The number of nitrogens with one attached hydrogen (secondary N) is 1. The number of pyridine rings is 1. The molecule has 1 amide bonds. The number of imidazole rings is 1. The summed E-state index contributed by atoms with van der Waals surface area (Å²) >= 11 is 1.47. The number of aromatic amines is 1. The predicted octanol–water partition coefficient (Wildman–Crippen LogP) is 4.50. The minimum atomic E-state index is -0.322. The molecule has 0 saturated carbocycles. The zero-order valence-electron chi connectivity index (χ0n) is 17.2. The number of benzene rings is 1. The van der Waals surface area contributed by atoms with Crippen LogP contribution in [0.1, 0.15) is 58.6 Å². The van der Waals surface area contributed by atoms with Crippen LogP contribution in [0.4, 0.5) is 0 Å². The summed E-state index contributed by atoms with van der Waals surface area (Å²) in [5.41, 5.74) is 2.69. The van der Waals surface area contributed by atoms with Crippen LogP contribution in [0.5, 0.6) is 0 Å². The average molecular weight is 418 g/mol. The third-order valence-corrected chi connectivity index (χ3v) is 6.89. The first-order valence-electron chi connectivity index (χ1n) is 10.1. The summed E-state index contributed by atoms with van der Waals surface area (Å²) in [6, 6.07) is 9.87. The van der Waals surface area contributed by atoms with Crippen LogP contribution in [-0.4, -0.2) is 37.3 Å². The lowest BCUT2D eigenvalue weighted by atomic mass is 9.98. The molecule has 1 aliphatic rings. The Balaban J connectivity index is 1.58. The lowest BCUT2D eigenvalue weighted by Gasteiger charge is -2.34. The largest absolute Gasteiger partial charge is 0.348 e. The molecule has 0 saturated heterocycles. The number of carbonyl (C=O) groups excluding carboxylic acids is 1. The third-order valence-electron chi connectivity index (χ3n) is 5.48. The van der Waals surface area contributed by atoms with Crippen LogP contribution in [0.15, 0.2) is 49.1 Å². The van der Waals surface area contributed by atoms with Gasteiger partial charge in [0.1, 0.15) is 10.9 Å². The Hall–Kier alpha value is -3.06. The number of H-pyrrole nitrogens is 1. The molecule has 4 aromatic rings. The van der Waals surface area contributed by atoms with Crippen LogP contribution in [0.3, 0.4) is 0 Å². The minimum Gasteiger partial charge on any atom is -0.348 e. The number of carbonyl (C=O) groups is 1. The Morgan fingerprint density at radius 3 is 2.70 bits per heavy atom. The van der Waals surface area contributed by atoms with E-state index in [0.29, 0.717) is 11.4 Å². The fraction of sp³-hybridized carbons (Fsp3) is 0.304. The molecule has 0 aliphatic carbocycles. The van der Waals surface area contributed by atoms with Gasteiger partial charge in [0.05, 0.1) is 28.9 Å². The summed E-state index contributed by atoms with van der Waals surface area (Å²) < 4.78 is 0. The van der Waals surface area contributed by atoms with E-state index in [-0.39, 0.29) is 17.4 Å². The molecule has 6 nitrogen and oxygen atoms in total. The molecule has 1 atom stereocenters. The highest BCUT2D eigenvalue weighted by Gasteiger charge is 2.36. The van der Waals surface area contributed by atoms with Crippen molar-refractivity contribution >= 4 is 28.0 Å². The lowest BCUT2D eigenvalue weighted by Crippen LogP contribution is -2.40. The van der Waals surface area contributed by atoms with Gasteiger partial charge in [0, 0.05) is 35.7 Å². The maximum atomic E-state index is 13.5. The van der Waals surface area contributed by atoms with E-state index in [9.17, 15) is 4.79 Å². The molecule has 0 unspecified atom stereocenters. The Morgan fingerprint density at radius 1 is 1.13 bits per heavy atom. The summed E-state index contributed by atoms with van der Waals surface area (Å²) in [7, 11) is 0. The van der Waals surface area contributed by atoms with Crippen molar-refractivity contribution in [1.29, 1.82) is 0 Å². The molecule has 4 heterocycles. The Bertz CT molecular complexity index is 1240. The van der Waals surface area contributed by atoms with Crippen molar-refractivity contribution < 1.29 is 4.79 Å². The number of amides is 1. The number of nitrogens with zero attached hydrogens (tertiary/aromatic N) is 4. The third kappa shape index (κ3) is 3.19. The zero-order chi connectivity index (χ0) is 20.9. The molecule has 1 N–H and O–H groups in total. The SMILES string of the molecule is CC(C)(C)c1ncc(C(=O)N2CCc3[nH]cnc3[C@H]2c2cc3ccccc3cn2)s1. The van der Waals surface area contributed by atoms with E-state index in [0.717, 1.165) is 39.3 Å². The van der Waals surface area contributed by atoms with Crippen LogP contribution < -0.4 is 0 Å². The van der Waals surface area contributed by atoms with Gasteiger partial charge in [-0.15, -0.1) is 11.3 Å². The van der Waals surface area contributed by atoms with Gasteiger partial charge in [0.15, 0.2) is 0 Å². The Morgan fingerprint density at radius 2 is 1.93 bits per heavy atom. The van der Waals surface area contributed by atoms with Gasteiger partial charge in [-0.2, -0.15) is 0 Å². The zero-order valence-corrected chi connectivity index (χ0v) is 18.0. The molecule has 0 bridgehead atoms. The summed E-state index contributed by atoms with van der Waals surface area (Å²) in [5.74, 6) is -0.0170. The van der Waals surface area contributed by atoms with Crippen LogP contribution in [0.2, 0.25) is 0 Å². The van der Waals surface area contributed by atoms with Gasteiger partial charge < -0.3 is 9.88 Å². The summed E-state index contributed by atoms with van der Waals surface area (Å²) in [6.07, 6.45) is 6.03. The summed E-state index contributed by atoms with van der Waals surface area (Å²) in [4.78, 5) is 33.1. The van der Waals surface area contributed by atoms with Crippen molar-refractivity contribution in [2.75, 3.05) is 6.54 Å². The first-order valence-corrected chi connectivity index (χ1v) is 10.9. The fourth-order valence-electron chi connectivity index (χ4n) is 3.91. The van der Waals surface area contributed by atoms with Crippen molar-refractivity contribution in [3.05, 3.63) is 76.0 Å². The first-order chi connectivity index (χ1) is 14.4. The number of rotatable bonds is 2. The first kappa shape index (κ1) is 18.9. The number of fused-ring (bicyclic) bond motifs is 2. The molecular weight excluding hydrogens is 394 g/mol. The van der Waals surface area contributed by atoms with Crippen molar-refractivity contribution in [2.45, 2.75) is 38.6 Å². The van der Waals surface area contributed by atoms with Crippen molar-refractivity contribution in [3.8, 4) is 0 Å². The van der Waals surface area contributed by atoms with E-state index < -0.39 is 0 Å². The number of hydrogen-bond acceptors (Lipinski definition) is 5. The molecule has 30 heavy (non-hydrogen) atoms. The molecule has 152 valence electrons. The van der Waals surface area contributed by atoms with E-state index >= 15 is 0 Å². The number of thiazole rings is 1. The van der Waals surface area contributed by atoms with Crippen molar-refractivity contribution in [2.24, 2.45) is 0 Å². The van der Waals surface area contributed by atoms with Crippen LogP contribution in [0, 0.1) is 0 Å². The van der Waals surface area contributed by atoms with Crippen LogP contribution in [-0.2, 0) is 11.8 Å². The topological polar surface area (TPSA) is 74.8 Å². The second kappa shape index (κ2) is 7.02. The molecule has 0 radical (unpaired) electrons. The smallest absolute Gasteiger partial charge is 0.266 e. The fourth-order valence-corrected chi connectivity index (χ4v) is 4.84. The van der Waals surface area contributed by atoms with Gasteiger partial charge in [0.2, 0.25) is 0 Å². The molecule has 1 aliphatic heterocycles. The van der Waals surface area contributed by atoms with Gasteiger partial charge >= 0.3 is 0 Å². The predicted molar refractivity (Wildman–Crippen MR) is 118 cm³/mol. The van der Waals surface area contributed by atoms with Gasteiger partial charge in [-0.05, 0) is 11.5 Å². The quantitative estimate of drug-likeness (QED) is 0.521. The molecule has 5 rings (SSSR count). The van der Waals surface area contributed by atoms with Gasteiger partial charge in [-0.1, -0.05) is 45.0 Å². The molecule has 1 aromatic carbocycles. The van der Waals surface area contributed by atoms with Gasteiger partial charge in [-0.3, -0.25) is 9.78 Å². The highest BCUT2D eigenvalue weighted by atomic mass is 32.1. The van der Waals surface area contributed by atoms with E-state index in [1.807, 2.05) is 29.3 Å². The van der Waals surface area contributed by atoms with Gasteiger partial charge in [0.25, 0.3) is 5.91 Å². The van der Waals surface area contributed by atoms with E-state index in [1.54, 1.807) is 12.5 Å². The molecule has 0 fully saturated rings. The van der Waals surface area contributed by atoms with E-state index in [1.165, 1.54) is 11.3 Å². The molecule has 3 aromatic heterocycles. The Kier molecular flexibility index (Phi) is 4.43. The molecule has 7 heteroatoms. The van der Waals surface area contributed by atoms with E-state index in [2.05, 4.69) is 47.9 Å². The molecule has 0 spiro atoms. The standard InChI is InChI=1S/C23H23N5OS/c1-23(2,3)22-25-12-18(30-22)21(29)28-9-8-16-19(27-13-26-16)20(28)17-10-14-6-4-5-7-15(14)11-24-17/h4-7,10-13,20H,8-9H2,1-3H3,(H,26,27)/t20-/m1/s1. The maximum Gasteiger partial charge on any atom is 0.266 e. The lowest BCUT2D eigenvalue weighted by molar-refractivity contribution is 0.0692.